The van der Waals surface area contributed by atoms with Gasteiger partial charge in [-0.05, 0) is 30.5 Å². The quantitative estimate of drug-likeness (QED) is 0.727. The molecule has 140 valence electrons. The van der Waals surface area contributed by atoms with Gasteiger partial charge in [0.1, 0.15) is 6.04 Å². The van der Waals surface area contributed by atoms with Crippen LogP contribution >= 0.6 is 0 Å². The van der Waals surface area contributed by atoms with Gasteiger partial charge in [0.05, 0.1) is 19.1 Å². The van der Waals surface area contributed by atoms with Crippen LogP contribution in [0.4, 0.5) is 0 Å². The maximum absolute atomic E-state index is 12.8. The molecule has 2 aromatic rings. The molecule has 8 heteroatoms. The number of carboxylic acid groups (broad SMARTS) is 1. The van der Waals surface area contributed by atoms with Crippen LogP contribution < -0.4 is 14.2 Å². The van der Waals surface area contributed by atoms with Crippen molar-refractivity contribution in [2.24, 2.45) is 0 Å². The van der Waals surface area contributed by atoms with Gasteiger partial charge in [0.2, 0.25) is 10.0 Å². The van der Waals surface area contributed by atoms with Crippen LogP contribution in [-0.4, -0.2) is 39.8 Å². The zero-order valence-electron chi connectivity index (χ0n) is 14.7. The van der Waals surface area contributed by atoms with Gasteiger partial charge in [0.15, 0.2) is 11.5 Å². The lowest BCUT2D eigenvalue weighted by Crippen LogP contribution is -2.42. The van der Waals surface area contributed by atoms with E-state index >= 15 is 0 Å². The van der Waals surface area contributed by atoms with Crippen LogP contribution in [0.5, 0.6) is 11.5 Å². The molecule has 0 spiro atoms. The Bertz CT molecular complexity index is 880. The first-order valence-corrected chi connectivity index (χ1v) is 9.28. The predicted molar refractivity (Wildman–Crippen MR) is 96.2 cm³/mol. The highest BCUT2D eigenvalue weighted by Crippen LogP contribution is 2.32. The number of methoxy groups -OCH3 is 2. The average molecular weight is 379 g/mol. The summed E-state index contributed by atoms with van der Waals surface area (Å²) in [5, 5.41) is 9.43. The first-order chi connectivity index (χ1) is 12.3. The number of carboxylic acids is 1. The van der Waals surface area contributed by atoms with Gasteiger partial charge in [-0.1, -0.05) is 30.3 Å². The number of benzene rings is 2. The molecular formula is C18H21NO6S. The van der Waals surface area contributed by atoms with E-state index in [9.17, 15) is 18.3 Å². The fourth-order valence-corrected chi connectivity index (χ4v) is 3.96. The van der Waals surface area contributed by atoms with Gasteiger partial charge >= 0.3 is 5.97 Å². The second-order valence-corrected chi connectivity index (χ2v) is 7.36. The van der Waals surface area contributed by atoms with E-state index in [4.69, 9.17) is 9.47 Å². The summed E-state index contributed by atoms with van der Waals surface area (Å²) < 4.78 is 38.1. The van der Waals surface area contributed by atoms with Crippen molar-refractivity contribution in [2.45, 2.75) is 24.3 Å². The average Bonchev–Trinajstić information content (AvgIpc) is 2.61. The number of rotatable bonds is 8. The van der Waals surface area contributed by atoms with Crippen molar-refractivity contribution in [3.05, 3.63) is 53.6 Å². The normalized spacial score (nSPS) is 12.4. The summed E-state index contributed by atoms with van der Waals surface area (Å²) >= 11 is 0. The van der Waals surface area contributed by atoms with E-state index in [0.717, 1.165) is 0 Å². The molecule has 0 aliphatic heterocycles. The zero-order valence-corrected chi connectivity index (χ0v) is 15.5. The maximum atomic E-state index is 12.8. The molecular weight excluding hydrogens is 358 g/mol. The SMILES string of the molecule is COc1cc(C)c(S(=O)(=O)N[C@@H](Cc2ccccc2)C(=O)O)cc1OC. The third-order valence-corrected chi connectivity index (χ3v) is 5.46. The molecule has 2 N–H and O–H groups in total. The number of aliphatic carboxylic acids is 1. The Labute approximate surface area is 152 Å². The van der Waals surface area contributed by atoms with E-state index in [2.05, 4.69) is 4.72 Å². The minimum absolute atomic E-state index is 0.0295. The summed E-state index contributed by atoms with van der Waals surface area (Å²) in [4.78, 5) is 11.5. The summed E-state index contributed by atoms with van der Waals surface area (Å²) in [7, 11) is -1.24. The molecule has 0 saturated carbocycles. The highest BCUT2D eigenvalue weighted by atomic mass is 32.2. The van der Waals surface area contributed by atoms with Gasteiger partial charge in [-0.3, -0.25) is 4.79 Å². The van der Waals surface area contributed by atoms with Crippen molar-refractivity contribution < 1.29 is 27.8 Å². The van der Waals surface area contributed by atoms with Crippen molar-refractivity contribution in [3.8, 4) is 11.5 Å². The van der Waals surface area contributed by atoms with E-state index in [0.29, 0.717) is 16.9 Å². The minimum atomic E-state index is -4.08. The van der Waals surface area contributed by atoms with Crippen LogP contribution in [0.3, 0.4) is 0 Å². The van der Waals surface area contributed by atoms with Gasteiger partial charge in [-0.25, -0.2) is 8.42 Å². The van der Waals surface area contributed by atoms with Crippen molar-refractivity contribution in [1.82, 2.24) is 4.72 Å². The smallest absolute Gasteiger partial charge is 0.322 e. The molecule has 0 radical (unpaired) electrons. The standard InChI is InChI=1S/C18H21NO6S/c1-12-9-15(24-2)16(25-3)11-17(12)26(22,23)19-14(18(20)21)10-13-7-5-4-6-8-13/h4-9,11,14,19H,10H2,1-3H3,(H,20,21)/t14-/m0/s1. The first kappa shape index (κ1) is 19.7. The minimum Gasteiger partial charge on any atom is -0.493 e. The van der Waals surface area contributed by atoms with Crippen LogP contribution in [0.2, 0.25) is 0 Å². The molecule has 0 unspecified atom stereocenters. The summed E-state index contributed by atoms with van der Waals surface area (Å²) in [6, 6.07) is 10.4. The number of sulfonamides is 1. The third kappa shape index (κ3) is 4.53. The Morgan fingerprint density at radius 3 is 2.23 bits per heavy atom. The topological polar surface area (TPSA) is 102 Å². The molecule has 0 aromatic heterocycles. The third-order valence-electron chi connectivity index (χ3n) is 3.85. The van der Waals surface area contributed by atoms with Crippen LogP contribution in [-0.2, 0) is 21.2 Å². The number of ether oxygens (including phenoxy) is 2. The largest absolute Gasteiger partial charge is 0.493 e. The fourth-order valence-electron chi connectivity index (χ4n) is 2.53. The Kier molecular flexibility index (Phi) is 6.23. The van der Waals surface area contributed by atoms with E-state index < -0.39 is 22.0 Å². The van der Waals surface area contributed by atoms with Crippen LogP contribution in [0, 0.1) is 6.92 Å². The lowest BCUT2D eigenvalue weighted by atomic mass is 10.1. The molecule has 1 atom stereocenters. The summed E-state index contributed by atoms with van der Waals surface area (Å²) in [6.45, 7) is 1.60. The molecule has 0 heterocycles. The Morgan fingerprint density at radius 1 is 1.12 bits per heavy atom. The number of hydrogen-bond acceptors (Lipinski definition) is 5. The monoisotopic (exact) mass is 379 g/mol. The van der Waals surface area contributed by atoms with Crippen molar-refractivity contribution >= 4 is 16.0 Å². The van der Waals surface area contributed by atoms with Crippen molar-refractivity contribution in [3.63, 3.8) is 0 Å². The van der Waals surface area contributed by atoms with Crippen LogP contribution in [0.15, 0.2) is 47.4 Å². The second kappa shape index (κ2) is 8.20. The lowest BCUT2D eigenvalue weighted by Gasteiger charge is -2.17. The molecule has 0 aliphatic rings. The summed E-state index contributed by atoms with van der Waals surface area (Å²) in [6.07, 6.45) is 0.0295. The molecule has 0 saturated heterocycles. The number of nitrogens with one attached hydrogen (secondary N) is 1. The Morgan fingerprint density at radius 2 is 1.69 bits per heavy atom. The lowest BCUT2D eigenvalue weighted by molar-refractivity contribution is -0.138. The second-order valence-electron chi connectivity index (χ2n) is 5.67. The molecule has 7 nitrogen and oxygen atoms in total. The molecule has 0 aliphatic carbocycles. The fraction of sp³-hybridized carbons (Fsp3) is 0.278. The van der Waals surface area contributed by atoms with Crippen molar-refractivity contribution in [2.75, 3.05) is 14.2 Å². The highest BCUT2D eigenvalue weighted by molar-refractivity contribution is 7.89. The summed E-state index contributed by atoms with van der Waals surface area (Å²) in [5.74, 6) is -0.619. The van der Waals surface area contributed by atoms with E-state index in [-0.39, 0.29) is 17.1 Å². The van der Waals surface area contributed by atoms with E-state index in [1.54, 1.807) is 37.3 Å². The highest BCUT2D eigenvalue weighted by Gasteiger charge is 2.28. The molecule has 26 heavy (non-hydrogen) atoms. The van der Waals surface area contributed by atoms with Gasteiger partial charge < -0.3 is 14.6 Å². The van der Waals surface area contributed by atoms with Crippen LogP contribution in [0.25, 0.3) is 0 Å². The molecule has 0 bridgehead atoms. The van der Waals surface area contributed by atoms with Crippen molar-refractivity contribution in [1.29, 1.82) is 0 Å². The van der Waals surface area contributed by atoms with Gasteiger partial charge in [0, 0.05) is 6.07 Å². The molecule has 0 fully saturated rings. The van der Waals surface area contributed by atoms with Gasteiger partial charge in [0.25, 0.3) is 0 Å². The van der Waals surface area contributed by atoms with E-state index in [1.807, 2.05) is 0 Å². The molecule has 2 rings (SSSR count). The number of carbonyl (C=O) groups is 1. The molecule has 0 amide bonds. The predicted octanol–water partition coefficient (Wildman–Crippen LogP) is 1.99. The summed E-state index contributed by atoms with van der Waals surface area (Å²) in [5.41, 5.74) is 1.13. The Balaban J connectivity index is 2.35. The molecule has 2 aromatic carbocycles. The van der Waals surface area contributed by atoms with Crippen LogP contribution in [0.1, 0.15) is 11.1 Å². The zero-order chi connectivity index (χ0) is 19.3. The maximum Gasteiger partial charge on any atom is 0.322 e. The Hall–Kier alpha value is -2.58. The first-order valence-electron chi connectivity index (χ1n) is 7.80. The number of hydrogen-bond donors (Lipinski definition) is 2. The van der Waals surface area contributed by atoms with E-state index in [1.165, 1.54) is 26.4 Å². The van der Waals surface area contributed by atoms with Gasteiger partial charge in [-0.2, -0.15) is 4.72 Å². The van der Waals surface area contributed by atoms with Gasteiger partial charge in [-0.15, -0.1) is 0 Å². The number of aryl methyl sites for hydroxylation is 1.